The zero-order chi connectivity index (χ0) is 18.5. The molecule has 0 spiro atoms. The zero-order valence-corrected chi connectivity index (χ0v) is 15.0. The van der Waals surface area contributed by atoms with Crippen LogP contribution in [0.15, 0.2) is 41.8 Å². The van der Waals surface area contributed by atoms with Gasteiger partial charge in [0.15, 0.2) is 6.61 Å². The molecule has 7 heteroatoms. The molecule has 2 rings (SSSR count). The number of nitrogens with one attached hydrogen (secondary N) is 1. The number of thiophene rings is 1. The standard InChI is InChI=1S/C18H22F3NO2S/c1-17(2,11-23)16(15-4-3-9-25-15)22-10-13-5-7-14(8-6-13)24-12-18(19,20)21/h3-9,16,22-23H,10-12H2,1-2H3/t16-/m0/s1. The van der Waals surface area contributed by atoms with Gasteiger partial charge < -0.3 is 15.2 Å². The van der Waals surface area contributed by atoms with Gasteiger partial charge in [0.1, 0.15) is 5.75 Å². The van der Waals surface area contributed by atoms with Gasteiger partial charge in [0.05, 0.1) is 6.61 Å². The fraction of sp³-hybridized carbons (Fsp3) is 0.444. The highest BCUT2D eigenvalue weighted by molar-refractivity contribution is 7.10. The molecule has 1 atom stereocenters. The van der Waals surface area contributed by atoms with Crippen molar-refractivity contribution in [3.05, 3.63) is 52.2 Å². The SMILES string of the molecule is CC(C)(CO)[C@@H](NCc1ccc(OCC(F)(F)F)cc1)c1cccs1. The van der Waals surface area contributed by atoms with Gasteiger partial charge in [0.2, 0.25) is 0 Å². The maximum atomic E-state index is 12.2. The van der Waals surface area contributed by atoms with E-state index in [1.54, 1.807) is 23.5 Å². The number of ether oxygens (including phenoxy) is 1. The minimum absolute atomic E-state index is 0.0290. The summed E-state index contributed by atoms with van der Waals surface area (Å²) in [6, 6.07) is 10.5. The van der Waals surface area contributed by atoms with Crippen LogP contribution < -0.4 is 10.1 Å². The average molecular weight is 373 g/mol. The summed E-state index contributed by atoms with van der Waals surface area (Å²) in [5.41, 5.74) is 0.579. The number of hydrogen-bond donors (Lipinski definition) is 2. The predicted octanol–water partition coefficient (Wildman–Crippen LogP) is 4.54. The smallest absolute Gasteiger partial charge is 0.422 e. The van der Waals surface area contributed by atoms with Crippen LogP contribution in [0.1, 0.15) is 30.3 Å². The van der Waals surface area contributed by atoms with Crippen LogP contribution in [0.25, 0.3) is 0 Å². The third kappa shape index (κ3) is 6.02. The van der Waals surface area contributed by atoms with E-state index >= 15 is 0 Å². The first-order chi connectivity index (χ1) is 11.7. The van der Waals surface area contributed by atoms with E-state index in [0.29, 0.717) is 6.54 Å². The number of rotatable bonds is 8. The highest BCUT2D eigenvalue weighted by atomic mass is 32.1. The van der Waals surface area contributed by atoms with Gasteiger partial charge in [-0.25, -0.2) is 0 Å². The molecule has 0 radical (unpaired) electrons. The summed E-state index contributed by atoms with van der Waals surface area (Å²) >= 11 is 1.62. The van der Waals surface area contributed by atoms with Crippen LogP contribution in [0.4, 0.5) is 13.2 Å². The lowest BCUT2D eigenvalue weighted by molar-refractivity contribution is -0.153. The van der Waals surface area contributed by atoms with Gasteiger partial charge in [-0.3, -0.25) is 0 Å². The van der Waals surface area contributed by atoms with Crippen molar-refractivity contribution in [3.63, 3.8) is 0 Å². The normalized spacial score (nSPS) is 13.7. The van der Waals surface area contributed by atoms with E-state index < -0.39 is 12.8 Å². The Balaban J connectivity index is 1.99. The molecule has 0 saturated heterocycles. The van der Waals surface area contributed by atoms with E-state index in [4.69, 9.17) is 4.74 Å². The molecule has 2 aromatic rings. The van der Waals surface area contributed by atoms with Crippen molar-refractivity contribution >= 4 is 11.3 Å². The monoisotopic (exact) mass is 373 g/mol. The van der Waals surface area contributed by atoms with Gasteiger partial charge in [0, 0.05) is 22.9 Å². The quantitative estimate of drug-likeness (QED) is 0.714. The van der Waals surface area contributed by atoms with Crippen LogP contribution in [0.2, 0.25) is 0 Å². The molecular weight excluding hydrogens is 351 g/mol. The summed E-state index contributed by atoms with van der Waals surface area (Å²) in [7, 11) is 0. The van der Waals surface area contributed by atoms with Crippen molar-refractivity contribution in [2.24, 2.45) is 5.41 Å². The first-order valence-corrected chi connectivity index (χ1v) is 8.75. The Bertz CT molecular complexity index is 639. The summed E-state index contributed by atoms with van der Waals surface area (Å²) in [4.78, 5) is 1.13. The first-order valence-electron chi connectivity index (χ1n) is 7.87. The molecule has 3 nitrogen and oxygen atoms in total. The summed E-state index contributed by atoms with van der Waals surface area (Å²) < 4.78 is 41.2. The Morgan fingerprint density at radius 3 is 2.36 bits per heavy atom. The van der Waals surface area contributed by atoms with Gasteiger partial charge in [-0.2, -0.15) is 13.2 Å². The van der Waals surface area contributed by atoms with Crippen molar-refractivity contribution < 1.29 is 23.0 Å². The van der Waals surface area contributed by atoms with Crippen molar-refractivity contribution in [2.75, 3.05) is 13.2 Å². The van der Waals surface area contributed by atoms with Crippen molar-refractivity contribution in [1.29, 1.82) is 0 Å². The number of aliphatic hydroxyl groups excluding tert-OH is 1. The molecule has 0 aliphatic carbocycles. The molecule has 1 aromatic heterocycles. The molecule has 25 heavy (non-hydrogen) atoms. The lowest BCUT2D eigenvalue weighted by atomic mass is 9.84. The molecule has 2 N–H and O–H groups in total. The highest BCUT2D eigenvalue weighted by Gasteiger charge is 2.31. The van der Waals surface area contributed by atoms with E-state index in [1.165, 1.54) is 12.1 Å². The molecule has 0 aliphatic rings. The Morgan fingerprint density at radius 2 is 1.84 bits per heavy atom. The lowest BCUT2D eigenvalue weighted by Gasteiger charge is -2.33. The van der Waals surface area contributed by atoms with Gasteiger partial charge in [0.25, 0.3) is 0 Å². The average Bonchev–Trinajstić information content (AvgIpc) is 3.07. The first kappa shape index (κ1) is 19.8. The number of hydrogen-bond acceptors (Lipinski definition) is 4. The van der Waals surface area contributed by atoms with Crippen LogP contribution in [0.5, 0.6) is 5.75 Å². The second-order valence-corrected chi connectivity index (χ2v) is 7.50. The second kappa shape index (κ2) is 8.21. The van der Waals surface area contributed by atoms with Crippen molar-refractivity contribution in [1.82, 2.24) is 5.32 Å². The summed E-state index contributed by atoms with van der Waals surface area (Å²) in [6.45, 7) is 3.24. The Labute approximate surface area is 149 Å². The largest absolute Gasteiger partial charge is 0.484 e. The summed E-state index contributed by atoms with van der Waals surface area (Å²) in [5, 5.41) is 15.1. The third-order valence-electron chi connectivity index (χ3n) is 3.85. The van der Waals surface area contributed by atoms with Gasteiger partial charge >= 0.3 is 6.18 Å². The molecule has 0 fully saturated rings. The summed E-state index contributed by atoms with van der Waals surface area (Å²) in [5.74, 6) is 0.187. The molecule has 138 valence electrons. The Kier molecular flexibility index (Phi) is 6.48. The predicted molar refractivity (Wildman–Crippen MR) is 92.8 cm³/mol. The molecule has 1 heterocycles. The van der Waals surface area contributed by atoms with Gasteiger partial charge in [-0.05, 0) is 29.1 Å². The van der Waals surface area contributed by atoms with Crippen LogP contribution in [0, 0.1) is 5.41 Å². The molecule has 0 saturated carbocycles. The number of aliphatic hydroxyl groups is 1. The van der Waals surface area contributed by atoms with E-state index in [0.717, 1.165) is 10.4 Å². The topological polar surface area (TPSA) is 41.5 Å². The van der Waals surface area contributed by atoms with Crippen LogP contribution in [-0.2, 0) is 6.54 Å². The molecule has 1 aromatic carbocycles. The number of halogens is 3. The Hall–Kier alpha value is -1.57. The molecular formula is C18H22F3NO2S. The summed E-state index contributed by atoms with van der Waals surface area (Å²) in [6.07, 6.45) is -4.34. The fourth-order valence-electron chi connectivity index (χ4n) is 2.40. The zero-order valence-electron chi connectivity index (χ0n) is 14.1. The third-order valence-corrected chi connectivity index (χ3v) is 4.79. The van der Waals surface area contributed by atoms with E-state index in [-0.39, 0.29) is 23.8 Å². The number of alkyl halides is 3. The molecule has 0 bridgehead atoms. The molecule has 0 aliphatic heterocycles. The van der Waals surface area contributed by atoms with Gasteiger partial charge in [-0.1, -0.05) is 32.0 Å². The van der Waals surface area contributed by atoms with Crippen LogP contribution in [-0.4, -0.2) is 24.5 Å². The van der Waals surface area contributed by atoms with E-state index in [9.17, 15) is 18.3 Å². The minimum atomic E-state index is -4.34. The van der Waals surface area contributed by atoms with E-state index in [2.05, 4.69) is 5.32 Å². The highest BCUT2D eigenvalue weighted by Crippen LogP contribution is 2.35. The minimum Gasteiger partial charge on any atom is -0.484 e. The van der Waals surface area contributed by atoms with Crippen molar-refractivity contribution in [2.45, 2.75) is 32.6 Å². The fourth-order valence-corrected chi connectivity index (χ4v) is 3.41. The van der Waals surface area contributed by atoms with E-state index in [1.807, 2.05) is 31.4 Å². The second-order valence-electron chi connectivity index (χ2n) is 6.52. The van der Waals surface area contributed by atoms with Crippen molar-refractivity contribution in [3.8, 4) is 5.75 Å². The molecule has 0 unspecified atom stereocenters. The molecule has 0 amide bonds. The number of benzene rings is 1. The van der Waals surface area contributed by atoms with Gasteiger partial charge in [-0.15, -0.1) is 11.3 Å². The Morgan fingerprint density at radius 1 is 1.16 bits per heavy atom. The van der Waals surface area contributed by atoms with Crippen LogP contribution >= 0.6 is 11.3 Å². The lowest BCUT2D eigenvalue weighted by Crippen LogP contribution is -2.36. The maximum absolute atomic E-state index is 12.2. The maximum Gasteiger partial charge on any atom is 0.422 e. The van der Waals surface area contributed by atoms with Crippen LogP contribution in [0.3, 0.4) is 0 Å².